The van der Waals surface area contributed by atoms with Crippen LogP contribution >= 0.6 is 31.9 Å². The lowest BCUT2D eigenvalue weighted by molar-refractivity contribution is 0.0997. The third-order valence-electron chi connectivity index (χ3n) is 2.28. The second kappa shape index (κ2) is 5.80. The summed E-state index contributed by atoms with van der Waals surface area (Å²) >= 11 is 6.61. The summed E-state index contributed by atoms with van der Waals surface area (Å²) in [4.78, 5) is 11.6. The van der Waals surface area contributed by atoms with Crippen molar-refractivity contribution in [2.45, 2.75) is 24.6 Å². The van der Waals surface area contributed by atoms with Crippen molar-refractivity contribution in [3.05, 3.63) is 35.4 Å². The predicted molar refractivity (Wildman–Crippen MR) is 71.4 cm³/mol. The highest BCUT2D eigenvalue weighted by Gasteiger charge is 2.15. The summed E-state index contributed by atoms with van der Waals surface area (Å²) < 4.78 is 0. The van der Waals surface area contributed by atoms with E-state index in [2.05, 4.69) is 45.7 Å². The van der Waals surface area contributed by atoms with Gasteiger partial charge in [0.05, 0.1) is 4.83 Å². The van der Waals surface area contributed by atoms with Crippen LogP contribution in [0.5, 0.6) is 0 Å². The van der Waals surface area contributed by atoms with Gasteiger partial charge >= 0.3 is 0 Å². The van der Waals surface area contributed by atoms with Crippen LogP contribution in [0.4, 0.5) is 0 Å². The molecule has 1 atom stereocenters. The molecule has 0 bridgehead atoms. The standard InChI is InChI=1S/C12H14Br2O/c1-8(2)9-3-5-10(6-4-9)12(15)11(14)7-13/h3-6,8,11H,7H2,1-2H3. The molecule has 1 aromatic rings. The minimum atomic E-state index is -0.137. The van der Waals surface area contributed by atoms with Crippen molar-refractivity contribution in [3.63, 3.8) is 0 Å². The lowest BCUT2D eigenvalue weighted by Gasteiger charge is -2.08. The van der Waals surface area contributed by atoms with Gasteiger partial charge in [0.25, 0.3) is 0 Å². The van der Waals surface area contributed by atoms with E-state index in [0.29, 0.717) is 11.2 Å². The van der Waals surface area contributed by atoms with E-state index < -0.39 is 0 Å². The fraction of sp³-hybridized carbons (Fsp3) is 0.417. The van der Waals surface area contributed by atoms with Gasteiger partial charge < -0.3 is 0 Å². The smallest absolute Gasteiger partial charge is 0.177 e. The van der Waals surface area contributed by atoms with Gasteiger partial charge in [-0.3, -0.25) is 4.79 Å². The summed E-state index contributed by atoms with van der Waals surface area (Å²) in [5, 5.41) is 0.637. The van der Waals surface area contributed by atoms with Gasteiger partial charge in [-0.05, 0) is 11.5 Å². The van der Waals surface area contributed by atoms with Crippen LogP contribution in [-0.2, 0) is 0 Å². The first-order valence-electron chi connectivity index (χ1n) is 4.90. The molecule has 0 amide bonds. The maximum atomic E-state index is 11.8. The van der Waals surface area contributed by atoms with E-state index in [1.54, 1.807) is 0 Å². The fourth-order valence-corrected chi connectivity index (χ4v) is 1.84. The van der Waals surface area contributed by atoms with Gasteiger partial charge in [0, 0.05) is 10.9 Å². The van der Waals surface area contributed by atoms with Crippen LogP contribution in [0.1, 0.15) is 35.7 Å². The molecule has 0 aliphatic rings. The summed E-state index contributed by atoms with van der Waals surface area (Å²) in [7, 11) is 0. The highest BCUT2D eigenvalue weighted by Crippen LogP contribution is 2.17. The molecule has 0 spiro atoms. The normalized spacial score (nSPS) is 12.9. The van der Waals surface area contributed by atoms with Gasteiger partial charge in [-0.2, -0.15) is 0 Å². The van der Waals surface area contributed by atoms with E-state index in [0.717, 1.165) is 5.56 Å². The number of carbonyl (C=O) groups excluding carboxylic acids is 1. The van der Waals surface area contributed by atoms with Crippen molar-refractivity contribution in [2.75, 3.05) is 5.33 Å². The van der Waals surface area contributed by atoms with Gasteiger partial charge in [0.1, 0.15) is 0 Å². The molecule has 0 radical (unpaired) electrons. The van der Waals surface area contributed by atoms with E-state index in [-0.39, 0.29) is 10.6 Å². The Kier molecular flexibility index (Phi) is 5.00. The number of carbonyl (C=O) groups is 1. The Hall–Kier alpha value is -0.150. The Balaban J connectivity index is 2.84. The molecule has 0 fully saturated rings. The quantitative estimate of drug-likeness (QED) is 0.597. The average molecular weight is 334 g/mol. The maximum absolute atomic E-state index is 11.8. The highest BCUT2D eigenvalue weighted by molar-refractivity contribution is 9.12. The molecule has 1 nitrogen and oxygen atoms in total. The van der Waals surface area contributed by atoms with Gasteiger partial charge in [0.15, 0.2) is 5.78 Å². The van der Waals surface area contributed by atoms with Crippen LogP contribution in [0.2, 0.25) is 0 Å². The fourth-order valence-electron chi connectivity index (χ4n) is 1.28. The lowest BCUT2D eigenvalue weighted by atomic mass is 10.00. The predicted octanol–water partition coefficient (Wildman–Crippen LogP) is 4.15. The Bertz CT molecular complexity index is 330. The zero-order chi connectivity index (χ0) is 11.4. The summed E-state index contributed by atoms with van der Waals surface area (Å²) in [6, 6.07) is 7.83. The molecule has 0 saturated heterocycles. The van der Waals surface area contributed by atoms with Crippen LogP contribution in [-0.4, -0.2) is 15.9 Å². The van der Waals surface area contributed by atoms with Crippen molar-refractivity contribution >= 4 is 37.6 Å². The van der Waals surface area contributed by atoms with E-state index in [9.17, 15) is 4.79 Å². The molecule has 1 aromatic carbocycles. The first-order valence-corrected chi connectivity index (χ1v) is 6.94. The van der Waals surface area contributed by atoms with Crippen LogP contribution < -0.4 is 0 Å². The molecular weight excluding hydrogens is 320 g/mol. The van der Waals surface area contributed by atoms with Crippen molar-refractivity contribution < 1.29 is 4.79 Å². The molecule has 0 heterocycles. The second-order valence-corrected chi connectivity index (χ2v) is 5.52. The van der Waals surface area contributed by atoms with Crippen molar-refractivity contribution in [1.29, 1.82) is 0 Å². The summed E-state index contributed by atoms with van der Waals surface area (Å²) in [5.74, 6) is 0.632. The Morgan fingerprint density at radius 3 is 2.20 bits per heavy atom. The third kappa shape index (κ3) is 3.42. The lowest BCUT2D eigenvalue weighted by Crippen LogP contribution is -2.15. The number of rotatable bonds is 4. The molecule has 1 rings (SSSR count). The van der Waals surface area contributed by atoms with E-state index >= 15 is 0 Å². The first kappa shape index (κ1) is 12.9. The Morgan fingerprint density at radius 2 is 1.80 bits per heavy atom. The van der Waals surface area contributed by atoms with Crippen LogP contribution in [0, 0.1) is 0 Å². The maximum Gasteiger partial charge on any atom is 0.177 e. The summed E-state index contributed by atoms with van der Waals surface area (Å²) in [6.45, 7) is 4.28. The Labute approximate surface area is 108 Å². The van der Waals surface area contributed by atoms with Gasteiger partial charge in [-0.25, -0.2) is 0 Å². The van der Waals surface area contributed by atoms with E-state index in [1.807, 2.05) is 24.3 Å². The van der Waals surface area contributed by atoms with Gasteiger partial charge in [-0.1, -0.05) is 70.0 Å². The number of benzene rings is 1. The third-order valence-corrected chi connectivity index (χ3v) is 4.54. The van der Waals surface area contributed by atoms with Crippen LogP contribution in [0.3, 0.4) is 0 Å². The SMILES string of the molecule is CC(C)c1ccc(C(=O)C(Br)CBr)cc1. The largest absolute Gasteiger partial charge is 0.293 e. The second-order valence-electron chi connectivity index (χ2n) is 3.76. The van der Waals surface area contributed by atoms with Crippen molar-refractivity contribution in [2.24, 2.45) is 0 Å². The van der Waals surface area contributed by atoms with Gasteiger partial charge in [0.2, 0.25) is 0 Å². The average Bonchev–Trinajstić information content (AvgIpc) is 2.27. The molecule has 82 valence electrons. The number of hydrogen-bond acceptors (Lipinski definition) is 1. The zero-order valence-electron chi connectivity index (χ0n) is 8.84. The molecule has 15 heavy (non-hydrogen) atoms. The summed E-state index contributed by atoms with van der Waals surface area (Å²) in [5.41, 5.74) is 2.03. The number of Topliss-reactive ketones (excluding diaryl/α,β-unsaturated/α-hetero) is 1. The topological polar surface area (TPSA) is 17.1 Å². The molecular formula is C12H14Br2O. The molecule has 3 heteroatoms. The zero-order valence-corrected chi connectivity index (χ0v) is 12.0. The monoisotopic (exact) mass is 332 g/mol. The first-order chi connectivity index (χ1) is 7.06. The minimum absolute atomic E-state index is 0.127. The number of ketones is 1. The van der Waals surface area contributed by atoms with Crippen molar-refractivity contribution in [1.82, 2.24) is 0 Å². The molecule has 0 saturated carbocycles. The van der Waals surface area contributed by atoms with Gasteiger partial charge in [-0.15, -0.1) is 0 Å². The molecule has 0 N–H and O–H groups in total. The molecule has 0 aliphatic carbocycles. The molecule has 0 aromatic heterocycles. The van der Waals surface area contributed by atoms with Crippen LogP contribution in [0.15, 0.2) is 24.3 Å². The summed E-state index contributed by atoms with van der Waals surface area (Å²) in [6.07, 6.45) is 0. The molecule has 0 aliphatic heterocycles. The van der Waals surface area contributed by atoms with E-state index in [1.165, 1.54) is 5.56 Å². The van der Waals surface area contributed by atoms with Crippen molar-refractivity contribution in [3.8, 4) is 0 Å². The van der Waals surface area contributed by atoms with E-state index in [4.69, 9.17) is 0 Å². The minimum Gasteiger partial charge on any atom is -0.293 e. The van der Waals surface area contributed by atoms with Crippen LogP contribution in [0.25, 0.3) is 0 Å². The Morgan fingerprint density at radius 1 is 1.27 bits per heavy atom. The number of hydrogen-bond donors (Lipinski definition) is 0. The number of halogens is 2. The number of alkyl halides is 2. The highest BCUT2D eigenvalue weighted by atomic mass is 79.9. The molecule has 1 unspecified atom stereocenters.